The van der Waals surface area contributed by atoms with E-state index in [1.165, 1.54) is 24.3 Å². The van der Waals surface area contributed by atoms with Gasteiger partial charge in [0.25, 0.3) is 9.84 Å². The second-order valence-electron chi connectivity index (χ2n) is 16.5. The quantitative estimate of drug-likeness (QED) is 0.0871. The highest BCUT2D eigenvalue weighted by molar-refractivity contribution is 7.91. The van der Waals surface area contributed by atoms with E-state index in [0.29, 0.717) is 4.57 Å². The summed E-state index contributed by atoms with van der Waals surface area (Å²) in [5.41, 5.74) is -1.12. The third-order valence-electron chi connectivity index (χ3n) is 10.3. The van der Waals surface area contributed by atoms with Crippen LogP contribution in [0.3, 0.4) is 0 Å². The highest BCUT2D eigenvalue weighted by Crippen LogP contribution is 2.48. The predicted molar refractivity (Wildman–Crippen MR) is 204 cm³/mol. The summed E-state index contributed by atoms with van der Waals surface area (Å²) in [5.74, 6) is -6.14. The molecule has 57 heavy (non-hydrogen) atoms. The van der Waals surface area contributed by atoms with Crippen molar-refractivity contribution in [2.75, 3.05) is 25.1 Å². The molecule has 0 spiro atoms. The zero-order valence-electron chi connectivity index (χ0n) is 33.7. The molecule has 3 heterocycles. The SMILES string of the molecule is CC(C)(C)[Si](C)(C)OC[C@H]1O[C@@H](n2ccc(NC(=O)CCC(=O)OCCOc3no[n+]([O-])c3S(=O)(=O)c3ccccc3)nc2=O)C(F)(F)[C@@H]1O[Si](C)(C)C(C)(C)C. The standard InChI is InChI=1S/C35H51F2N5O12SSi2/c1-33(2,3)56(7,8)51-22-24-28(53-57(9,10)34(4,5)6)35(36,37)31(52-24)41-19-18-25(39-32(41)45)38-26(43)16-17-27(44)49-20-21-50-29-30(42(46)54-40-29)55(47,48)23-14-12-11-13-15-23/h11-15,18-19,24,28,31H,16-17,20-22H2,1-10H3,(H,38,39,43,45)/t24-,28-,31-/m1/s1. The van der Waals surface area contributed by atoms with Crippen molar-refractivity contribution in [2.45, 2.75) is 125 Å². The van der Waals surface area contributed by atoms with Crippen LogP contribution < -0.4 is 20.6 Å². The van der Waals surface area contributed by atoms with Gasteiger partial charge < -0.3 is 33.6 Å². The summed E-state index contributed by atoms with van der Waals surface area (Å²) in [5, 5.41) is 16.2. The molecule has 4 rings (SSSR count). The van der Waals surface area contributed by atoms with Gasteiger partial charge in [0.15, 0.2) is 16.6 Å². The van der Waals surface area contributed by atoms with E-state index in [1.807, 2.05) is 67.7 Å². The van der Waals surface area contributed by atoms with Crippen molar-refractivity contribution in [1.29, 1.82) is 0 Å². The number of carbonyl (C=O) groups excluding carboxylic acids is 2. The zero-order valence-corrected chi connectivity index (χ0v) is 36.5. The van der Waals surface area contributed by atoms with Gasteiger partial charge in [0.05, 0.1) is 23.1 Å². The molecule has 3 atom stereocenters. The molecule has 316 valence electrons. The lowest BCUT2D eigenvalue weighted by Gasteiger charge is -2.41. The van der Waals surface area contributed by atoms with Gasteiger partial charge in [0.1, 0.15) is 31.2 Å². The Morgan fingerprint density at radius 2 is 1.63 bits per heavy atom. The summed E-state index contributed by atoms with van der Waals surface area (Å²) >= 11 is 0. The van der Waals surface area contributed by atoms with Gasteiger partial charge in [-0.1, -0.05) is 59.7 Å². The van der Waals surface area contributed by atoms with Crippen LogP contribution in [0.15, 0.2) is 61.9 Å². The summed E-state index contributed by atoms with van der Waals surface area (Å²) in [7, 11) is -9.51. The smallest absolute Gasteiger partial charge is 0.415 e. The van der Waals surface area contributed by atoms with Crippen LogP contribution in [0, 0.1) is 5.21 Å². The molecule has 1 amide bonds. The minimum atomic E-state index is -4.35. The van der Waals surface area contributed by atoms with Gasteiger partial charge >= 0.3 is 28.5 Å². The van der Waals surface area contributed by atoms with Crippen molar-refractivity contribution in [2.24, 2.45) is 0 Å². The van der Waals surface area contributed by atoms with E-state index in [1.54, 1.807) is 6.07 Å². The number of halogens is 2. The Morgan fingerprint density at radius 3 is 2.23 bits per heavy atom. The normalized spacial score (nSPS) is 19.0. The molecule has 1 fully saturated rings. The fourth-order valence-corrected chi connectivity index (χ4v) is 8.54. The second kappa shape index (κ2) is 17.0. The molecule has 3 aromatic rings. The minimum Gasteiger partial charge on any atom is -0.462 e. The van der Waals surface area contributed by atoms with Crippen LogP contribution in [0.4, 0.5) is 14.6 Å². The minimum absolute atomic E-state index is 0.170. The summed E-state index contributed by atoms with van der Waals surface area (Å²) in [6, 6.07) is 8.19. The number of hydrogen-bond donors (Lipinski definition) is 1. The van der Waals surface area contributed by atoms with Crippen molar-refractivity contribution < 1.29 is 59.4 Å². The van der Waals surface area contributed by atoms with E-state index >= 15 is 8.78 Å². The van der Waals surface area contributed by atoms with E-state index in [2.05, 4.69) is 20.1 Å². The molecule has 1 N–H and O–H groups in total. The molecular weight excluding hydrogens is 809 g/mol. The lowest BCUT2D eigenvalue weighted by Crippen LogP contribution is -2.53. The van der Waals surface area contributed by atoms with Gasteiger partial charge in [-0.15, -0.1) is 0 Å². The van der Waals surface area contributed by atoms with Crippen LogP contribution >= 0.6 is 0 Å². The Balaban J connectivity index is 1.34. The van der Waals surface area contributed by atoms with Crippen LogP contribution in [0.25, 0.3) is 0 Å². The number of aromatic nitrogens is 4. The van der Waals surface area contributed by atoms with E-state index in [4.69, 9.17) is 23.1 Å². The molecule has 2 aromatic heterocycles. The second-order valence-corrected chi connectivity index (χ2v) is 28.0. The number of alkyl halides is 2. The lowest BCUT2D eigenvalue weighted by molar-refractivity contribution is -0.832. The Kier molecular flexibility index (Phi) is 13.6. The van der Waals surface area contributed by atoms with Gasteiger partial charge in [-0.05, 0) is 59.4 Å². The van der Waals surface area contributed by atoms with Crippen molar-refractivity contribution in [3.05, 3.63) is 58.3 Å². The largest absolute Gasteiger partial charge is 0.462 e. The zero-order chi connectivity index (χ0) is 42.8. The molecule has 0 bridgehead atoms. The first-order chi connectivity index (χ1) is 26.2. The van der Waals surface area contributed by atoms with E-state index in [0.717, 1.165) is 12.3 Å². The van der Waals surface area contributed by atoms with Gasteiger partial charge in [-0.3, -0.25) is 18.8 Å². The Bertz CT molecular complexity index is 2070. The number of benzene rings is 1. The molecule has 22 heteroatoms. The maximum absolute atomic E-state index is 16.4. The van der Waals surface area contributed by atoms with E-state index in [-0.39, 0.29) is 27.3 Å². The van der Waals surface area contributed by atoms with Gasteiger partial charge in [0, 0.05) is 12.6 Å². The molecule has 1 aliphatic heterocycles. The molecule has 17 nitrogen and oxygen atoms in total. The molecule has 0 unspecified atom stereocenters. The van der Waals surface area contributed by atoms with Crippen LogP contribution in [0.5, 0.6) is 5.88 Å². The van der Waals surface area contributed by atoms with Crippen LogP contribution in [0.2, 0.25) is 36.3 Å². The summed E-state index contributed by atoms with van der Waals surface area (Å²) in [6.45, 7) is 18.6. The average Bonchev–Trinajstić information content (AvgIpc) is 3.59. The average molecular weight is 860 g/mol. The third kappa shape index (κ3) is 10.5. The van der Waals surface area contributed by atoms with Gasteiger partial charge in [0.2, 0.25) is 12.1 Å². The number of hydrogen-bond acceptors (Lipinski definition) is 14. The lowest BCUT2D eigenvalue weighted by atomic mass is 10.1. The number of anilines is 1. The highest BCUT2D eigenvalue weighted by atomic mass is 32.2. The van der Waals surface area contributed by atoms with Crippen molar-refractivity contribution in [3.63, 3.8) is 0 Å². The number of sulfone groups is 1. The topological polar surface area (TPSA) is 214 Å². The highest BCUT2D eigenvalue weighted by Gasteiger charge is 2.63. The predicted octanol–water partition coefficient (Wildman–Crippen LogP) is 4.98. The number of carbonyl (C=O) groups is 2. The Morgan fingerprint density at radius 1 is 1.00 bits per heavy atom. The Labute approximate surface area is 331 Å². The fraction of sp³-hybridized carbons (Fsp3) is 0.600. The molecular formula is C35H51F2N5O12SSi2. The van der Waals surface area contributed by atoms with Gasteiger partial charge in [-0.25, -0.2) is 13.2 Å². The maximum atomic E-state index is 16.4. The first kappa shape index (κ1) is 45.6. The van der Waals surface area contributed by atoms with E-state index in [9.17, 15) is 28.0 Å². The van der Waals surface area contributed by atoms with Crippen LogP contribution in [-0.4, -0.2) is 89.6 Å². The Hall–Kier alpha value is -4.10. The van der Waals surface area contributed by atoms with Crippen LogP contribution in [-0.2, 0) is 37.8 Å². The molecule has 0 saturated carbocycles. The molecule has 1 aliphatic rings. The maximum Gasteiger partial charge on any atom is 0.415 e. The van der Waals surface area contributed by atoms with Crippen molar-refractivity contribution >= 4 is 44.2 Å². The first-order valence-corrected chi connectivity index (χ1v) is 25.4. The summed E-state index contributed by atoms with van der Waals surface area (Å²) in [6.07, 6.45) is -4.78. The third-order valence-corrected chi connectivity index (χ3v) is 21.0. The number of nitrogens with zero attached hydrogens (tertiary/aromatic N) is 4. The fourth-order valence-electron chi connectivity index (χ4n) is 4.94. The van der Waals surface area contributed by atoms with Crippen molar-refractivity contribution in [1.82, 2.24) is 14.7 Å². The molecule has 1 saturated heterocycles. The molecule has 0 radical (unpaired) electrons. The molecule has 1 aromatic carbocycles. The number of nitrogens with one attached hydrogen (secondary N) is 1. The van der Waals surface area contributed by atoms with Crippen molar-refractivity contribution in [3.8, 4) is 5.88 Å². The number of rotatable bonds is 16. The van der Waals surface area contributed by atoms with Gasteiger partial charge in [-0.2, -0.15) is 13.8 Å². The van der Waals surface area contributed by atoms with Crippen LogP contribution in [0.1, 0.15) is 60.6 Å². The monoisotopic (exact) mass is 859 g/mol. The summed E-state index contributed by atoms with van der Waals surface area (Å²) in [4.78, 5) is 41.2. The number of ether oxygens (including phenoxy) is 3. The first-order valence-electron chi connectivity index (χ1n) is 18.1. The summed E-state index contributed by atoms with van der Waals surface area (Å²) < 4.78 is 92.1. The van der Waals surface area contributed by atoms with E-state index < -0.39 is 110 Å². The number of esters is 1. The number of amides is 1. The molecule has 0 aliphatic carbocycles.